The Bertz CT molecular complexity index is 733. The molecule has 0 atom stereocenters. The number of amides is 1. The van der Waals surface area contributed by atoms with Crippen molar-refractivity contribution in [2.75, 3.05) is 18.6 Å². The van der Waals surface area contributed by atoms with E-state index in [2.05, 4.69) is 4.98 Å². The first-order valence-corrected chi connectivity index (χ1v) is 7.85. The Morgan fingerprint density at radius 3 is 2.95 bits per heavy atom. The number of ether oxygens (including phenoxy) is 1. The van der Waals surface area contributed by atoms with Crippen LogP contribution in [0.5, 0.6) is 0 Å². The number of hydrogen-bond donors (Lipinski definition) is 0. The highest BCUT2D eigenvalue weighted by molar-refractivity contribution is 7.18. The number of hydrogen-bond acceptors (Lipinski definition) is 4. The molecule has 0 aliphatic carbocycles. The molecule has 21 heavy (non-hydrogen) atoms. The van der Waals surface area contributed by atoms with Crippen molar-refractivity contribution in [3.05, 3.63) is 34.5 Å². The van der Waals surface area contributed by atoms with E-state index in [4.69, 9.17) is 4.74 Å². The lowest BCUT2D eigenvalue weighted by Gasteiger charge is -2.23. The number of aryl methyl sites for hydroxylation is 1. The first-order valence-electron chi connectivity index (χ1n) is 7.04. The monoisotopic (exact) mass is 302 g/mol. The fourth-order valence-corrected chi connectivity index (χ4v) is 3.41. The minimum absolute atomic E-state index is 0.0211. The van der Waals surface area contributed by atoms with Gasteiger partial charge in [0.05, 0.1) is 27.4 Å². The van der Waals surface area contributed by atoms with Crippen molar-refractivity contribution in [2.45, 2.75) is 26.7 Å². The molecule has 1 amide bonds. The average Bonchev–Trinajstić information content (AvgIpc) is 2.85. The summed E-state index contributed by atoms with van der Waals surface area (Å²) >= 11 is 1.65. The van der Waals surface area contributed by atoms with E-state index in [1.807, 2.05) is 39.1 Å². The molecule has 2 heterocycles. The van der Waals surface area contributed by atoms with Crippen LogP contribution >= 0.6 is 11.3 Å². The summed E-state index contributed by atoms with van der Waals surface area (Å²) in [5.74, 6) is 0.778. The third-order valence-electron chi connectivity index (χ3n) is 3.74. The maximum absolute atomic E-state index is 12.6. The summed E-state index contributed by atoms with van der Waals surface area (Å²) in [5.41, 5.74) is 2.66. The molecule has 2 aromatic rings. The van der Waals surface area contributed by atoms with Gasteiger partial charge in [-0.1, -0.05) is 0 Å². The Hall–Kier alpha value is -1.88. The fourth-order valence-electron chi connectivity index (χ4n) is 2.55. The summed E-state index contributed by atoms with van der Waals surface area (Å²) in [6.07, 6.45) is 1.69. The van der Waals surface area contributed by atoms with Crippen LogP contribution < -0.4 is 4.90 Å². The Morgan fingerprint density at radius 2 is 2.19 bits per heavy atom. The lowest BCUT2D eigenvalue weighted by molar-refractivity contribution is -0.115. The Kier molecular flexibility index (Phi) is 3.68. The van der Waals surface area contributed by atoms with Crippen molar-refractivity contribution in [3.63, 3.8) is 0 Å². The molecular weight excluding hydrogens is 284 g/mol. The van der Waals surface area contributed by atoms with E-state index in [0.717, 1.165) is 45.1 Å². The Labute approximate surface area is 128 Å². The van der Waals surface area contributed by atoms with E-state index < -0.39 is 0 Å². The Morgan fingerprint density at radius 1 is 1.38 bits per heavy atom. The number of allylic oxidation sites excluding steroid dienone is 1. The summed E-state index contributed by atoms with van der Waals surface area (Å²) in [7, 11) is 1.81. The topological polar surface area (TPSA) is 42.4 Å². The van der Waals surface area contributed by atoms with Gasteiger partial charge in [-0.25, -0.2) is 4.98 Å². The van der Waals surface area contributed by atoms with Crippen molar-refractivity contribution in [2.24, 2.45) is 0 Å². The van der Waals surface area contributed by atoms with Gasteiger partial charge in [0, 0.05) is 12.7 Å². The molecule has 0 spiro atoms. The smallest absolute Gasteiger partial charge is 0.257 e. The molecule has 0 bridgehead atoms. The van der Waals surface area contributed by atoms with Crippen LogP contribution in [0.15, 0.2) is 29.5 Å². The maximum atomic E-state index is 12.6. The fraction of sp³-hybridized carbons (Fsp3) is 0.375. The second-order valence-corrected chi connectivity index (χ2v) is 6.47. The van der Waals surface area contributed by atoms with Crippen LogP contribution in [0.3, 0.4) is 0 Å². The number of fused-ring (bicyclic) bond motifs is 1. The minimum Gasteiger partial charge on any atom is -0.498 e. The van der Waals surface area contributed by atoms with Crippen LogP contribution in [-0.4, -0.2) is 24.5 Å². The molecule has 1 aliphatic heterocycles. The summed E-state index contributed by atoms with van der Waals surface area (Å²) in [6, 6.07) is 5.94. The van der Waals surface area contributed by atoms with Gasteiger partial charge >= 0.3 is 0 Å². The lowest BCUT2D eigenvalue weighted by Crippen LogP contribution is -2.29. The zero-order chi connectivity index (χ0) is 15.0. The van der Waals surface area contributed by atoms with E-state index in [1.165, 1.54) is 0 Å². The van der Waals surface area contributed by atoms with Crippen molar-refractivity contribution < 1.29 is 9.53 Å². The van der Waals surface area contributed by atoms with E-state index in [9.17, 15) is 4.79 Å². The van der Waals surface area contributed by atoms with Crippen LogP contribution in [-0.2, 0) is 9.53 Å². The van der Waals surface area contributed by atoms with Crippen LogP contribution in [0.2, 0.25) is 0 Å². The van der Waals surface area contributed by atoms with Crippen LogP contribution in [0, 0.1) is 6.92 Å². The zero-order valence-corrected chi connectivity index (χ0v) is 13.3. The van der Waals surface area contributed by atoms with Gasteiger partial charge in [-0.15, -0.1) is 11.3 Å². The van der Waals surface area contributed by atoms with Gasteiger partial charge in [-0.05, 0) is 44.9 Å². The number of anilines is 1. The zero-order valence-electron chi connectivity index (χ0n) is 12.5. The summed E-state index contributed by atoms with van der Waals surface area (Å²) in [4.78, 5) is 18.8. The van der Waals surface area contributed by atoms with E-state index in [1.54, 1.807) is 16.2 Å². The van der Waals surface area contributed by atoms with Gasteiger partial charge in [-0.2, -0.15) is 0 Å². The molecule has 0 fully saturated rings. The average molecular weight is 302 g/mol. The molecule has 1 aromatic carbocycles. The highest BCUT2D eigenvalue weighted by Gasteiger charge is 2.22. The summed E-state index contributed by atoms with van der Waals surface area (Å²) in [6.45, 7) is 4.57. The summed E-state index contributed by atoms with van der Waals surface area (Å²) in [5, 5.41) is 1.04. The predicted molar refractivity (Wildman–Crippen MR) is 85.7 cm³/mol. The molecule has 1 aliphatic rings. The second-order valence-electron chi connectivity index (χ2n) is 5.24. The van der Waals surface area contributed by atoms with Gasteiger partial charge in [0.2, 0.25) is 0 Å². The molecule has 0 saturated heterocycles. The number of carbonyl (C=O) groups excluding carboxylic acids is 1. The van der Waals surface area contributed by atoms with E-state index in [-0.39, 0.29) is 5.91 Å². The molecule has 5 heteroatoms. The lowest BCUT2D eigenvalue weighted by atomic mass is 10.1. The highest BCUT2D eigenvalue weighted by atomic mass is 32.1. The number of aromatic nitrogens is 1. The second kappa shape index (κ2) is 5.48. The Balaban J connectivity index is 1.92. The molecule has 0 radical (unpaired) electrons. The highest BCUT2D eigenvalue weighted by Crippen LogP contribution is 2.28. The minimum atomic E-state index is 0.0211. The SMILES string of the molecule is CC1=C(C(=O)N(C)c2ccc3nc(C)sc3c2)CCCO1. The molecule has 4 nitrogen and oxygen atoms in total. The van der Waals surface area contributed by atoms with Gasteiger partial charge < -0.3 is 9.64 Å². The third-order valence-corrected chi connectivity index (χ3v) is 4.68. The van der Waals surface area contributed by atoms with Gasteiger partial charge in [0.15, 0.2) is 0 Å². The number of likely N-dealkylation sites (N-methyl/N-ethyl adjacent to an activating group) is 1. The molecule has 110 valence electrons. The largest absolute Gasteiger partial charge is 0.498 e. The van der Waals surface area contributed by atoms with Crippen LogP contribution in [0.25, 0.3) is 10.2 Å². The van der Waals surface area contributed by atoms with E-state index >= 15 is 0 Å². The molecule has 0 unspecified atom stereocenters. The van der Waals surface area contributed by atoms with Crippen molar-refractivity contribution in [1.29, 1.82) is 0 Å². The number of nitrogens with zero attached hydrogens (tertiary/aromatic N) is 2. The van der Waals surface area contributed by atoms with Crippen molar-refractivity contribution in [1.82, 2.24) is 4.98 Å². The van der Waals surface area contributed by atoms with Gasteiger partial charge in [0.1, 0.15) is 5.76 Å². The quantitative estimate of drug-likeness (QED) is 0.850. The third kappa shape index (κ3) is 2.65. The van der Waals surface area contributed by atoms with Gasteiger partial charge in [-0.3, -0.25) is 4.79 Å². The van der Waals surface area contributed by atoms with Crippen LogP contribution in [0.4, 0.5) is 5.69 Å². The number of carbonyl (C=O) groups is 1. The molecule has 1 aromatic heterocycles. The standard InChI is InChI=1S/C16H18N2O2S/c1-10-13(5-4-8-20-10)16(19)18(3)12-6-7-14-15(9-12)21-11(2)17-14/h6-7,9H,4-5,8H2,1-3H3. The first kappa shape index (κ1) is 14.1. The van der Waals surface area contributed by atoms with Crippen molar-refractivity contribution >= 4 is 33.1 Å². The maximum Gasteiger partial charge on any atom is 0.257 e. The first-order chi connectivity index (χ1) is 10.1. The molecular formula is C16H18N2O2S. The molecule has 0 N–H and O–H groups in total. The number of rotatable bonds is 2. The predicted octanol–water partition coefficient (Wildman–Crippen LogP) is 3.65. The summed E-state index contributed by atoms with van der Waals surface area (Å²) < 4.78 is 6.60. The molecule has 3 rings (SSSR count). The van der Waals surface area contributed by atoms with E-state index in [0.29, 0.717) is 6.61 Å². The number of benzene rings is 1. The number of thiazole rings is 1. The molecule has 0 saturated carbocycles. The van der Waals surface area contributed by atoms with Gasteiger partial charge in [0.25, 0.3) is 5.91 Å². The van der Waals surface area contributed by atoms with Crippen LogP contribution in [0.1, 0.15) is 24.8 Å². The normalized spacial score (nSPS) is 15.2. The van der Waals surface area contributed by atoms with Crippen molar-refractivity contribution in [3.8, 4) is 0 Å².